The summed E-state index contributed by atoms with van der Waals surface area (Å²) in [5, 5.41) is 4.99. The number of benzene rings is 4. The van der Waals surface area contributed by atoms with Crippen LogP contribution in [-0.4, -0.2) is 0 Å². The van der Waals surface area contributed by atoms with Crippen molar-refractivity contribution in [2.45, 2.75) is 6.92 Å². The van der Waals surface area contributed by atoms with Crippen molar-refractivity contribution < 1.29 is 39.6 Å². The van der Waals surface area contributed by atoms with Gasteiger partial charge in [0.05, 0.1) is 0 Å². The SMILES string of the molecule is [Au].[CH2-]C.[CH2-][P+]([CH2-])(c1ccccc1)c1ccccc1.[CH2-][P+]([CH2-])(c1ccccc1)c1ccccc1.[I][Au]. The van der Waals surface area contributed by atoms with Crippen molar-refractivity contribution in [1.29, 1.82) is 0 Å². The third-order valence-electron chi connectivity index (χ3n) is 5.00. The third-order valence-corrected chi connectivity index (χ3v) is 10.1. The Morgan fingerprint density at radius 1 is 0.429 bits per heavy atom. The average molecular weight is 976 g/mol. The molecule has 5 heteroatoms. The maximum atomic E-state index is 4.31. The molecule has 0 spiro atoms. The fraction of sp³-hybridized carbons (Fsp3) is 0.0333. The van der Waals surface area contributed by atoms with E-state index in [0.717, 1.165) is 0 Å². The predicted molar refractivity (Wildman–Crippen MR) is 165 cm³/mol. The standard InChI is InChI=1S/2C14H14P.C2H5.2Au.HI/c2*1-15(2,13-9-5-3-6-10-13)14-11-7-4-8-12-14;1-2;;;/h2*3-12H,1-2H2;1H2,2H3;;;1H/q3*-1;;+1;/p-1. The Morgan fingerprint density at radius 3 is 0.714 bits per heavy atom. The minimum absolute atomic E-state index is 0. The van der Waals surface area contributed by atoms with Crippen molar-refractivity contribution in [3.63, 3.8) is 0 Å². The summed E-state index contributed by atoms with van der Waals surface area (Å²) in [6.45, 7) is 22.2. The molecule has 35 heavy (non-hydrogen) atoms. The van der Waals surface area contributed by atoms with E-state index in [-0.39, 0.29) is 22.4 Å². The number of halogens is 1. The van der Waals surface area contributed by atoms with Crippen LogP contribution in [0.3, 0.4) is 0 Å². The Morgan fingerprint density at radius 2 is 0.571 bits per heavy atom. The summed E-state index contributed by atoms with van der Waals surface area (Å²) in [4.78, 5) is 0. The molecule has 0 atom stereocenters. The second-order valence-electron chi connectivity index (χ2n) is 7.28. The summed E-state index contributed by atoms with van der Waals surface area (Å²) in [7, 11) is -3.29. The van der Waals surface area contributed by atoms with E-state index in [1.807, 2.05) is 72.8 Å². The van der Waals surface area contributed by atoms with Gasteiger partial charge in [0.25, 0.3) is 0 Å². The monoisotopic (exact) mass is 976 g/mol. The molecule has 0 unspecified atom stereocenters. The average Bonchev–Trinajstić information content (AvgIpc) is 2.93. The molecule has 4 aromatic rings. The number of hydrogen-bond acceptors (Lipinski definition) is 0. The molecule has 195 valence electrons. The van der Waals surface area contributed by atoms with Gasteiger partial charge < -0.3 is 6.92 Å². The van der Waals surface area contributed by atoms with Crippen LogP contribution < -0.4 is 21.2 Å². The van der Waals surface area contributed by atoms with E-state index in [0.29, 0.717) is 0 Å². The van der Waals surface area contributed by atoms with Gasteiger partial charge in [0, 0.05) is 43.6 Å². The summed E-state index contributed by atoms with van der Waals surface area (Å²) in [6.07, 6.45) is 0. The van der Waals surface area contributed by atoms with E-state index in [4.69, 9.17) is 0 Å². The minimum atomic E-state index is -1.65. The van der Waals surface area contributed by atoms with Crippen LogP contribution in [0.5, 0.6) is 0 Å². The van der Waals surface area contributed by atoms with Gasteiger partial charge in [-0.3, -0.25) is 0 Å². The van der Waals surface area contributed by atoms with Crippen molar-refractivity contribution in [3.8, 4) is 0 Å². The van der Waals surface area contributed by atoms with Crippen LogP contribution in [0.15, 0.2) is 121 Å². The van der Waals surface area contributed by atoms with Gasteiger partial charge in [0.15, 0.2) is 0 Å². The molecule has 4 aromatic carbocycles. The molecule has 0 bridgehead atoms. The molecule has 4 rings (SSSR count). The fourth-order valence-corrected chi connectivity index (χ4v) is 6.72. The molecule has 1 radical (unpaired) electrons. The van der Waals surface area contributed by atoms with E-state index in [9.17, 15) is 0 Å². The van der Waals surface area contributed by atoms with Gasteiger partial charge in [-0.15, -0.1) is 0 Å². The van der Waals surface area contributed by atoms with Gasteiger partial charge in [-0.2, -0.15) is 48.1 Å². The van der Waals surface area contributed by atoms with Gasteiger partial charge in [0.1, 0.15) is 0 Å². The Hall–Kier alpha value is -0.0495. The van der Waals surface area contributed by atoms with Gasteiger partial charge in [-0.1, -0.05) is 72.8 Å². The molecule has 0 saturated carbocycles. The topological polar surface area (TPSA) is 0 Å². The Balaban J connectivity index is 0.000000565. The van der Waals surface area contributed by atoms with Crippen LogP contribution in [0, 0.1) is 33.6 Å². The summed E-state index contributed by atoms with van der Waals surface area (Å²) >= 11 is 4.34. The normalized spacial score (nSPS) is 10.1. The third kappa shape index (κ3) is 11.1. The van der Waals surface area contributed by atoms with Crippen molar-refractivity contribution in [3.05, 3.63) is 155 Å². The Bertz CT molecular complexity index is 857. The van der Waals surface area contributed by atoms with Crippen molar-refractivity contribution >= 4 is 54.8 Å². The fourth-order valence-electron chi connectivity index (χ4n) is 3.15. The zero-order valence-corrected chi connectivity index (χ0v) is 28.2. The maximum absolute atomic E-state index is 4.31. The van der Waals surface area contributed by atoms with Crippen LogP contribution in [0.2, 0.25) is 0 Å². The van der Waals surface area contributed by atoms with Crippen LogP contribution in [-0.2, 0) is 39.6 Å². The molecule has 0 aliphatic carbocycles. The molecule has 0 N–H and O–H groups in total. The van der Waals surface area contributed by atoms with Crippen molar-refractivity contribution in [2.24, 2.45) is 0 Å². The Kier molecular flexibility index (Phi) is 19.1. The first-order valence-electron chi connectivity index (χ1n) is 10.6. The van der Waals surface area contributed by atoms with E-state index in [2.05, 4.69) is 118 Å². The van der Waals surface area contributed by atoms with Gasteiger partial charge in [-0.05, 0) is 48.5 Å². The van der Waals surface area contributed by atoms with Gasteiger partial charge >= 0.3 is 36.3 Å². The van der Waals surface area contributed by atoms with E-state index >= 15 is 0 Å². The molecule has 0 heterocycles. The second kappa shape index (κ2) is 19.1. The molecule has 0 aromatic heterocycles. The summed E-state index contributed by atoms with van der Waals surface area (Å²) in [5.74, 6) is 0. The van der Waals surface area contributed by atoms with Crippen LogP contribution in [0.25, 0.3) is 0 Å². The Labute approximate surface area is 253 Å². The summed E-state index contributed by atoms with van der Waals surface area (Å²) in [5.41, 5.74) is 0. The van der Waals surface area contributed by atoms with E-state index < -0.39 is 14.5 Å². The quantitative estimate of drug-likeness (QED) is 0.0839. The van der Waals surface area contributed by atoms with Crippen molar-refractivity contribution in [1.82, 2.24) is 0 Å². The summed E-state index contributed by atoms with van der Waals surface area (Å²) < 4.78 is 0. The first kappa shape index (κ1) is 35.0. The van der Waals surface area contributed by atoms with Crippen LogP contribution >= 0.6 is 33.5 Å². The molecule has 0 saturated heterocycles. The van der Waals surface area contributed by atoms with Crippen molar-refractivity contribution in [2.75, 3.05) is 0 Å². The second-order valence-corrected chi connectivity index (χ2v) is 13.2. The van der Waals surface area contributed by atoms with Gasteiger partial charge in [0.2, 0.25) is 0 Å². The van der Waals surface area contributed by atoms with E-state index in [1.54, 1.807) is 6.92 Å². The molecular weight excluding hydrogens is 943 g/mol. The van der Waals surface area contributed by atoms with Crippen LogP contribution in [0.4, 0.5) is 0 Å². The molecular formula is C30H33Au2IP2-3. The molecule has 0 amide bonds. The zero-order valence-electron chi connectivity index (χ0n) is 20.0. The predicted octanol–water partition coefficient (Wildman–Crippen LogP) is 8.20. The number of rotatable bonds is 4. The van der Waals surface area contributed by atoms with Gasteiger partial charge in [-0.25, -0.2) is 0 Å². The zero-order chi connectivity index (χ0) is 25.5. The molecule has 0 aliphatic heterocycles. The van der Waals surface area contributed by atoms with Crippen LogP contribution in [0.1, 0.15) is 6.92 Å². The summed E-state index contributed by atoms with van der Waals surface area (Å²) in [6, 6.07) is 41.3. The molecule has 0 aliphatic rings. The molecule has 0 nitrogen and oxygen atoms in total. The number of hydrogen-bond donors (Lipinski definition) is 0. The first-order chi connectivity index (χ1) is 16.4. The first-order valence-corrected chi connectivity index (χ1v) is 21.1. The molecule has 0 fully saturated rings. The van der Waals surface area contributed by atoms with E-state index in [1.165, 1.54) is 21.2 Å².